The number of methoxy groups -OCH3 is 2. The number of carbonyl (C=O) groups is 1. The Morgan fingerprint density at radius 3 is 2.06 bits per heavy atom. The Hall–Kier alpha value is -3.44. The van der Waals surface area contributed by atoms with E-state index in [4.69, 9.17) is 19.2 Å². The molecule has 0 aliphatic carbocycles. The average Bonchev–Trinajstić information content (AvgIpc) is 2.83. The summed E-state index contributed by atoms with van der Waals surface area (Å²) in [5.41, 5.74) is 3.58. The summed E-state index contributed by atoms with van der Waals surface area (Å²) >= 11 is 0. The summed E-state index contributed by atoms with van der Waals surface area (Å²) in [7, 11) is 3.02. The first-order chi connectivity index (χ1) is 15.2. The van der Waals surface area contributed by atoms with Gasteiger partial charge in [0.2, 0.25) is 0 Å². The molecule has 0 heterocycles. The second-order valence-corrected chi connectivity index (χ2v) is 6.94. The van der Waals surface area contributed by atoms with Gasteiger partial charge < -0.3 is 14.2 Å². The van der Waals surface area contributed by atoms with Crippen LogP contribution in [0.3, 0.4) is 0 Å². The van der Waals surface area contributed by atoms with Crippen LogP contribution in [0.5, 0.6) is 5.75 Å². The molecule has 0 radical (unpaired) electrons. The number of nitrogens with zero attached hydrogens (tertiary/aromatic N) is 1. The maximum absolute atomic E-state index is 12.6. The summed E-state index contributed by atoms with van der Waals surface area (Å²) in [4.78, 5) is 17.5. The Balaban J connectivity index is 1.93. The van der Waals surface area contributed by atoms with Gasteiger partial charge in [0, 0.05) is 24.7 Å². The Morgan fingerprint density at radius 1 is 0.839 bits per heavy atom. The molecule has 0 saturated carbocycles. The molecule has 0 spiro atoms. The normalized spacial score (nSPS) is 11.4. The standard InChI is InChI=1S/C26H27NO4/c1-29-16-17-31-23-15-9-10-20(18-23)19-24(26(28)30-2)27-25(21-11-5-3-6-12-21)22-13-7-4-8-14-22/h3-15,18,24H,16-17,19H2,1-2H3/t24-/m0/s1. The van der Waals surface area contributed by atoms with Crippen molar-refractivity contribution in [2.24, 2.45) is 4.99 Å². The molecule has 0 N–H and O–H groups in total. The van der Waals surface area contributed by atoms with E-state index in [2.05, 4.69) is 0 Å². The van der Waals surface area contributed by atoms with Gasteiger partial charge in [0.1, 0.15) is 12.4 Å². The number of benzene rings is 3. The molecule has 0 amide bonds. The lowest BCUT2D eigenvalue weighted by Gasteiger charge is -2.15. The summed E-state index contributed by atoms with van der Waals surface area (Å²) in [6.45, 7) is 0.974. The second-order valence-electron chi connectivity index (χ2n) is 6.94. The van der Waals surface area contributed by atoms with Gasteiger partial charge in [-0.2, -0.15) is 0 Å². The quantitative estimate of drug-likeness (QED) is 0.280. The van der Waals surface area contributed by atoms with Gasteiger partial charge in [-0.3, -0.25) is 4.99 Å². The molecule has 0 saturated heterocycles. The lowest BCUT2D eigenvalue weighted by atomic mass is 10.0. The van der Waals surface area contributed by atoms with E-state index < -0.39 is 6.04 Å². The molecule has 31 heavy (non-hydrogen) atoms. The minimum Gasteiger partial charge on any atom is -0.491 e. The predicted molar refractivity (Wildman–Crippen MR) is 122 cm³/mol. The van der Waals surface area contributed by atoms with Gasteiger partial charge in [-0.25, -0.2) is 4.79 Å². The van der Waals surface area contributed by atoms with Crippen molar-refractivity contribution in [1.82, 2.24) is 0 Å². The fraction of sp³-hybridized carbons (Fsp3) is 0.231. The van der Waals surface area contributed by atoms with Gasteiger partial charge in [-0.15, -0.1) is 0 Å². The van der Waals surface area contributed by atoms with E-state index in [-0.39, 0.29) is 5.97 Å². The number of hydrogen-bond acceptors (Lipinski definition) is 5. The molecule has 3 aromatic rings. The lowest BCUT2D eigenvalue weighted by Crippen LogP contribution is -2.25. The number of aliphatic imine (C=N–C) groups is 1. The molecule has 0 bridgehead atoms. The molecule has 0 fully saturated rings. The highest BCUT2D eigenvalue weighted by molar-refractivity contribution is 6.13. The van der Waals surface area contributed by atoms with Crippen LogP contribution >= 0.6 is 0 Å². The Labute approximate surface area is 183 Å². The van der Waals surface area contributed by atoms with Crippen molar-refractivity contribution in [2.75, 3.05) is 27.4 Å². The van der Waals surface area contributed by atoms with Gasteiger partial charge in [0.05, 0.1) is 19.4 Å². The molecular formula is C26H27NO4. The molecule has 0 unspecified atom stereocenters. The van der Waals surface area contributed by atoms with Crippen LogP contribution in [-0.4, -0.2) is 45.2 Å². The van der Waals surface area contributed by atoms with E-state index in [1.54, 1.807) is 7.11 Å². The topological polar surface area (TPSA) is 57.1 Å². The molecule has 3 rings (SSSR count). The Morgan fingerprint density at radius 2 is 1.48 bits per heavy atom. The number of ether oxygens (including phenoxy) is 3. The van der Waals surface area contributed by atoms with Crippen LogP contribution < -0.4 is 4.74 Å². The molecule has 160 valence electrons. The molecule has 5 nitrogen and oxygen atoms in total. The monoisotopic (exact) mass is 417 g/mol. The number of esters is 1. The zero-order chi connectivity index (χ0) is 21.9. The van der Waals surface area contributed by atoms with Crippen LogP contribution in [0.25, 0.3) is 0 Å². The van der Waals surface area contributed by atoms with Gasteiger partial charge in [-0.1, -0.05) is 72.8 Å². The van der Waals surface area contributed by atoms with Gasteiger partial charge in [-0.05, 0) is 17.7 Å². The van der Waals surface area contributed by atoms with Crippen molar-refractivity contribution in [1.29, 1.82) is 0 Å². The van der Waals surface area contributed by atoms with E-state index in [0.717, 1.165) is 28.2 Å². The SMILES string of the molecule is COCCOc1cccc(C[C@H](N=C(c2ccccc2)c2ccccc2)C(=O)OC)c1. The number of hydrogen-bond donors (Lipinski definition) is 0. The van der Waals surface area contributed by atoms with Gasteiger partial charge in [0.25, 0.3) is 0 Å². The first kappa shape index (κ1) is 22.2. The minimum absolute atomic E-state index is 0.380. The molecule has 5 heteroatoms. The molecular weight excluding hydrogens is 390 g/mol. The molecule has 0 aliphatic heterocycles. The molecule has 3 aromatic carbocycles. The molecule has 1 atom stereocenters. The highest BCUT2D eigenvalue weighted by atomic mass is 16.5. The third-order valence-electron chi connectivity index (χ3n) is 4.74. The van der Waals surface area contributed by atoms with Crippen molar-refractivity contribution < 1.29 is 19.0 Å². The smallest absolute Gasteiger partial charge is 0.330 e. The van der Waals surface area contributed by atoms with E-state index >= 15 is 0 Å². The van der Waals surface area contributed by atoms with Crippen LogP contribution in [0.2, 0.25) is 0 Å². The van der Waals surface area contributed by atoms with Crippen molar-refractivity contribution in [3.05, 3.63) is 102 Å². The van der Waals surface area contributed by atoms with E-state index in [0.29, 0.717) is 19.6 Å². The third kappa shape index (κ3) is 6.52. The summed E-state index contributed by atoms with van der Waals surface area (Å²) in [6.07, 6.45) is 0.400. The Bertz CT molecular complexity index is 945. The van der Waals surface area contributed by atoms with E-state index in [1.165, 1.54) is 7.11 Å². The van der Waals surface area contributed by atoms with Crippen LogP contribution in [0.1, 0.15) is 16.7 Å². The predicted octanol–water partition coefficient (Wildman–Crippen LogP) is 4.33. The van der Waals surface area contributed by atoms with Crippen LogP contribution in [0, 0.1) is 0 Å². The zero-order valence-electron chi connectivity index (χ0n) is 17.9. The van der Waals surface area contributed by atoms with Gasteiger partial charge in [0.15, 0.2) is 6.04 Å². The van der Waals surface area contributed by atoms with Crippen LogP contribution in [0.15, 0.2) is 89.9 Å². The summed E-state index contributed by atoms with van der Waals surface area (Å²) in [5, 5.41) is 0. The molecule has 0 aliphatic rings. The number of carbonyl (C=O) groups excluding carboxylic acids is 1. The largest absolute Gasteiger partial charge is 0.491 e. The van der Waals surface area contributed by atoms with Crippen LogP contribution in [0.4, 0.5) is 0 Å². The van der Waals surface area contributed by atoms with Crippen molar-refractivity contribution in [2.45, 2.75) is 12.5 Å². The minimum atomic E-state index is -0.686. The molecule has 0 aromatic heterocycles. The van der Waals surface area contributed by atoms with Gasteiger partial charge >= 0.3 is 5.97 Å². The number of rotatable bonds is 10. The third-order valence-corrected chi connectivity index (χ3v) is 4.74. The highest BCUT2D eigenvalue weighted by Gasteiger charge is 2.21. The fourth-order valence-electron chi connectivity index (χ4n) is 3.21. The highest BCUT2D eigenvalue weighted by Crippen LogP contribution is 2.18. The summed E-state index contributed by atoms with van der Waals surface area (Å²) in [5.74, 6) is 0.351. The average molecular weight is 418 g/mol. The zero-order valence-corrected chi connectivity index (χ0v) is 17.9. The summed E-state index contributed by atoms with van der Waals surface area (Å²) < 4.78 is 15.8. The van der Waals surface area contributed by atoms with Crippen molar-refractivity contribution >= 4 is 11.7 Å². The maximum atomic E-state index is 12.6. The van der Waals surface area contributed by atoms with E-state index in [9.17, 15) is 4.79 Å². The first-order valence-corrected chi connectivity index (χ1v) is 10.2. The van der Waals surface area contributed by atoms with Crippen LogP contribution in [-0.2, 0) is 20.7 Å². The first-order valence-electron chi connectivity index (χ1n) is 10.2. The second kappa shape index (κ2) is 11.7. The maximum Gasteiger partial charge on any atom is 0.330 e. The van der Waals surface area contributed by atoms with Crippen molar-refractivity contribution in [3.8, 4) is 5.75 Å². The lowest BCUT2D eigenvalue weighted by molar-refractivity contribution is -0.142. The summed E-state index contributed by atoms with van der Waals surface area (Å²) in [6, 6.07) is 26.7. The fourth-order valence-corrected chi connectivity index (χ4v) is 3.21. The van der Waals surface area contributed by atoms with Crippen molar-refractivity contribution in [3.63, 3.8) is 0 Å². The Kier molecular flexibility index (Phi) is 8.38. The van der Waals surface area contributed by atoms with E-state index in [1.807, 2.05) is 84.9 Å².